The van der Waals surface area contributed by atoms with Crippen molar-refractivity contribution in [1.29, 1.82) is 0 Å². The molecule has 2 heterocycles. The van der Waals surface area contributed by atoms with E-state index in [9.17, 15) is 0 Å². The summed E-state index contributed by atoms with van der Waals surface area (Å²) in [5.41, 5.74) is 0. The predicted octanol–water partition coefficient (Wildman–Crippen LogP) is 0.217. The molecule has 1 aliphatic carbocycles. The Morgan fingerprint density at radius 3 is 2.64 bits per heavy atom. The Balaban J connectivity index is 1.88. The minimum Gasteiger partial charge on any atom is -0.378 e. The Labute approximate surface area is 67.5 Å². The molecule has 0 aromatic heterocycles. The van der Waals surface area contributed by atoms with Gasteiger partial charge in [-0.1, -0.05) is 0 Å². The van der Waals surface area contributed by atoms with Crippen LogP contribution in [0.3, 0.4) is 0 Å². The van der Waals surface area contributed by atoms with Crippen molar-refractivity contribution in [2.75, 3.05) is 19.7 Å². The smallest absolute Gasteiger partial charge is 0.0657 e. The normalized spacial score (nSPS) is 43.6. The van der Waals surface area contributed by atoms with Crippen molar-refractivity contribution in [3.05, 3.63) is 0 Å². The van der Waals surface area contributed by atoms with Gasteiger partial charge in [0.1, 0.15) is 0 Å². The summed E-state index contributed by atoms with van der Waals surface area (Å²) in [7, 11) is 0. The molecule has 0 unspecified atom stereocenters. The highest BCUT2D eigenvalue weighted by atomic mass is 16.5. The summed E-state index contributed by atoms with van der Waals surface area (Å²) in [4.78, 5) is 0. The van der Waals surface area contributed by atoms with Gasteiger partial charge in [0, 0.05) is 19.7 Å². The second-order valence-corrected chi connectivity index (χ2v) is 3.63. The number of hydrogen-bond acceptors (Lipinski definition) is 3. The van der Waals surface area contributed by atoms with E-state index < -0.39 is 0 Å². The van der Waals surface area contributed by atoms with Crippen LogP contribution in [0.5, 0.6) is 0 Å². The Hall–Kier alpha value is -0.120. The summed E-state index contributed by atoms with van der Waals surface area (Å²) in [6, 6.07) is 0. The van der Waals surface area contributed by atoms with Gasteiger partial charge >= 0.3 is 0 Å². The maximum absolute atomic E-state index is 5.69. The molecule has 11 heavy (non-hydrogen) atoms. The van der Waals surface area contributed by atoms with Crippen LogP contribution in [0.25, 0.3) is 0 Å². The number of hydrogen-bond donors (Lipinski definition) is 1. The van der Waals surface area contributed by atoms with Gasteiger partial charge in [0.15, 0.2) is 0 Å². The summed E-state index contributed by atoms with van der Waals surface area (Å²) < 4.78 is 5.61. The van der Waals surface area contributed by atoms with E-state index in [1.807, 2.05) is 5.01 Å². The molecule has 3 fully saturated rings. The first-order valence-corrected chi connectivity index (χ1v) is 4.42. The highest BCUT2D eigenvalue weighted by molar-refractivity contribution is 4.96. The number of nitrogens with two attached hydrogens (primary N) is 1. The van der Waals surface area contributed by atoms with Gasteiger partial charge in [-0.05, 0) is 25.2 Å². The summed E-state index contributed by atoms with van der Waals surface area (Å²) >= 11 is 0. The fourth-order valence-electron chi connectivity index (χ4n) is 2.34. The largest absolute Gasteiger partial charge is 0.378 e. The predicted molar refractivity (Wildman–Crippen MR) is 42.8 cm³/mol. The van der Waals surface area contributed by atoms with E-state index in [0.29, 0.717) is 6.10 Å². The van der Waals surface area contributed by atoms with E-state index in [-0.39, 0.29) is 0 Å². The molecule has 2 saturated heterocycles. The second-order valence-electron chi connectivity index (χ2n) is 3.63. The molecule has 2 atom stereocenters. The zero-order chi connectivity index (χ0) is 7.84. The lowest BCUT2D eigenvalue weighted by Crippen LogP contribution is -2.61. The fraction of sp³-hybridized carbons (Fsp3) is 1.00. The SMILES string of the molecule is CCOC1[C@H]2C[C@H]1CN(N)C2. The number of piperidine rings is 2. The monoisotopic (exact) mass is 156 g/mol. The third kappa shape index (κ3) is 1.17. The Kier molecular flexibility index (Phi) is 1.87. The van der Waals surface area contributed by atoms with Crippen molar-refractivity contribution in [2.45, 2.75) is 19.4 Å². The number of ether oxygens (including phenoxy) is 1. The van der Waals surface area contributed by atoms with Crippen molar-refractivity contribution in [2.24, 2.45) is 17.7 Å². The molecule has 0 radical (unpaired) electrons. The molecule has 3 rings (SSSR count). The average Bonchev–Trinajstić information content (AvgIpc) is 2.00. The van der Waals surface area contributed by atoms with Crippen LogP contribution >= 0.6 is 0 Å². The molecule has 3 aliphatic rings. The van der Waals surface area contributed by atoms with Crippen LogP contribution in [-0.2, 0) is 4.74 Å². The van der Waals surface area contributed by atoms with Crippen LogP contribution in [0.4, 0.5) is 0 Å². The Morgan fingerprint density at radius 1 is 1.45 bits per heavy atom. The van der Waals surface area contributed by atoms with Crippen molar-refractivity contribution in [3.63, 3.8) is 0 Å². The highest BCUT2D eigenvalue weighted by Crippen LogP contribution is 2.40. The lowest BCUT2D eigenvalue weighted by Gasteiger charge is -2.51. The zero-order valence-corrected chi connectivity index (χ0v) is 6.99. The van der Waals surface area contributed by atoms with Gasteiger partial charge in [-0.15, -0.1) is 0 Å². The van der Waals surface area contributed by atoms with Gasteiger partial charge in [0.05, 0.1) is 6.10 Å². The first-order valence-electron chi connectivity index (χ1n) is 4.42. The van der Waals surface area contributed by atoms with E-state index in [4.69, 9.17) is 10.6 Å². The lowest BCUT2D eigenvalue weighted by molar-refractivity contribution is -0.140. The first-order chi connectivity index (χ1) is 5.31. The topological polar surface area (TPSA) is 38.5 Å². The minimum atomic E-state index is 0.528. The van der Waals surface area contributed by atoms with E-state index >= 15 is 0 Å². The molecule has 0 aromatic rings. The molecule has 64 valence electrons. The third-order valence-corrected chi connectivity index (χ3v) is 2.83. The Bertz CT molecular complexity index is 139. The van der Waals surface area contributed by atoms with Crippen molar-refractivity contribution in [3.8, 4) is 0 Å². The van der Waals surface area contributed by atoms with E-state index in [1.165, 1.54) is 6.42 Å². The van der Waals surface area contributed by atoms with Gasteiger partial charge in [0.25, 0.3) is 0 Å². The quantitative estimate of drug-likeness (QED) is 0.581. The van der Waals surface area contributed by atoms with Crippen molar-refractivity contribution < 1.29 is 4.74 Å². The molecule has 3 heteroatoms. The summed E-state index contributed by atoms with van der Waals surface area (Å²) in [6.07, 6.45) is 1.86. The molecule has 3 nitrogen and oxygen atoms in total. The van der Waals surface area contributed by atoms with Crippen LogP contribution in [0, 0.1) is 11.8 Å². The van der Waals surface area contributed by atoms with E-state index in [2.05, 4.69) is 6.92 Å². The Morgan fingerprint density at radius 2 is 2.09 bits per heavy atom. The minimum absolute atomic E-state index is 0.528. The summed E-state index contributed by atoms with van der Waals surface area (Å²) in [6.45, 7) is 4.97. The lowest BCUT2D eigenvalue weighted by atomic mass is 9.68. The number of fused-ring (bicyclic) bond motifs is 2. The van der Waals surface area contributed by atoms with E-state index in [1.54, 1.807) is 0 Å². The molecule has 0 aromatic carbocycles. The van der Waals surface area contributed by atoms with Crippen molar-refractivity contribution >= 4 is 0 Å². The molecule has 2 N–H and O–H groups in total. The molecule has 2 bridgehead atoms. The number of nitrogens with zero attached hydrogens (tertiary/aromatic N) is 1. The van der Waals surface area contributed by atoms with Gasteiger partial charge < -0.3 is 4.74 Å². The van der Waals surface area contributed by atoms with Gasteiger partial charge in [-0.25, -0.2) is 5.01 Å². The standard InChI is InChI=1S/C8H16N2O/c1-2-11-8-6-3-7(8)5-10(9)4-6/h6-8H,2-5,9H2,1H3/t6-,7-/m0/s1. The zero-order valence-electron chi connectivity index (χ0n) is 6.99. The van der Waals surface area contributed by atoms with E-state index in [0.717, 1.165) is 31.5 Å². The fourth-order valence-corrected chi connectivity index (χ4v) is 2.34. The molecule has 2 aliphatic heterocycles. The van der Waals surface area contributed by atoms with Crippen LogP contribution in [0.2, 0.25) is 0 Å². The number of hydrazine groups is 1. The van der Waals surface area contributed by atoms with Crippen LogP contribution in [0.1, 0.15) is 13.3 Å². The second kappa shape index (κ2) is 2.73. The van der Waals surface area contributed by atoms with Gasteiger partial charge in [-0.3, -0.25) is 5.84 Å². The van der Waals surface area contributed by atoms with Gasteiger partial charge in [-0.2, -0.15) is 0 Å². The van der Waals surface area contributed by atoms with Crippen LogP contribution < -0.4 is 5.84 Å². The maximum atomic E-state index is 5.69. The molecule has 0 spiro atoms. The summed E-state index contributed by atoms with van der Waals surface area (Å²) in [5, 5.41) is 1.92. The highest BCUT2D eigenvalue weighted by Gasteiger charge is 2.46. The third-order valence-electron chi connectivity index (χ3n) is 2.83. The molecule has 1 saturated carbocycles. The van der Waals surface area contributed by atoms with Gasteiger partial charge in [0.2, 0.25) is 0 Å². The molecule has 0 amide bonds. The number of rotatable bonds is 2. The van der Waals surface area contributed by atoms with Crippen LogP contribution in [-0.4, -0.2) is 30.8 Å². The van der Waals surface area contributed by atoms with Crippen molar-refractivity contribution in [1.82, 2.24) is 5.01 Å². The molecular formula is C8H16N2O. The summed E-state index contributed by atoms with van der Waals surface area (Å²) in [5.74, 6) is 7.13. The first kappa shape index (κ1) is 7.53. The van der Waals surface area contributed by atoms with Crippen LogP contribution in [0.15, 0.2) is 0 Å². The average molecular weight is 156 g/mol. The molecular weight excluding hydrogens is 140 g/mol. The maximum Gasteiger partial charge on any atom is 0.0657 e.